The molecular formula is C17H22N6O3. The molecule has 0 aliphatic carbocycles. The lowest BCUT2D eigenvalue weighted by atomic mass is 10.1. The Hall–Kier alpha value is -2.81. The quantitative estimate of drug-likeness (QED) is 0.566. The van der Waals surface area contributed by atoms with Crippen LogP contribution in [0.2, 0.25) is 0 Å². The standard InChI is InChI=1S/C15H16N6O3.C2H6/c1-9-11-5-16-12(15-14(21(22)23)6-17-18-15)4-13(11)20(19-9)7-10-2-3-24-8-10;1-2/h4-6,10H,2-3,7-8H2,1H3,(H,17,18);1-2H3. The molecule has 0 aromatic carbocycles. The number of aromatic amines is 1. The second-order valence-corrected chi connectivity index (χ2v) is 5.97. The largest absolute Gasteiger partial charge is 0.381 e. The van der Waals surface area contributed by atoms with E-state index in [4.69, 9.17) is 4.74 Å². The van der Waals surface area contributed by atoms with Gasteiger partial charge >= 0.3 is 5.69 Å². The Bertz CT molecular complexity index is 911. The number of aryl methyl sites for hydroxylation is 1. The van der Waals surface area contributed by atoms with Gasteiger partial charge in [0.25, 0.3) is 0 Å². The molecule has 1 aliphatic rings. The fourth-order valence-electron chi connectivity index (χ4n) is 3.08. The molecule has 4 rings (SSSR count). The number of aromatic nitrogens is 5. The topological polar surface area (TPSA) is 112 Å². The lowest BCUT2D eigenvalue weighted by Crippen LogP contribution is -2.11. The Labute approximate surface area is 150 Å². The van der Waals surface area contributed by atoms with Crippen molar-refractivity contribution in [3.63, 3.8) is 0 Å². The molecule has 1 fully saturated rings. The van der Waals surface area contributed by atoms with Crippen LogP contribution >= 0.6 is 0 Å². The zero-order chi connectivity index (χ0) is 18.7. The summed E-state index contributed by atoms with van der Waals surface area (Å²) in [7, 11) is 0. The molecule has 26 heavy (non-hydrogen) atoms. The van der Waals surface area contributed by atoms with E-state index in [0.717, 1.165) is 42.8 Å². The molecule has 9 nitrogen and oxygen atoms in total. The Morgan fingerprint density at radius 1 is 1.42 bits per heavy atom. The molecule has 9 heteroatoms. The van der Waals surface area contributed by atoms with Gasteiger partial charge in [-0.2, -0.15) is 10.2 Å². The number of pyridine rings is 1. The first-order valence-electron chi connectivity index (χ1n) is 8.72. The maximum atomic E-state index is 11.1. The zero-order valence-corrected chi connectivity index (χ0v) is 15.1. The van der Waals surface area contributed by atoms with Gasteiger partial charge in [-0.15, -0.1) is 0 Å². The Kier molecular flexibility index (Phi) is 5.27. The van der Waals surface area contributed by atoms with Crippen molar-refractivity contribution < 1.29 is 9.66 Å². The van der Waals surface area contributed by atoms with Gasteiger partial charge in [-0.25, -0.2) is 0 Å². The second-order valence-electron chi connectivity index (χ2n) is 5.97. The minimum absolute atomic E-state index is 0.0890. The van der Waals surface area contributed by atoms with E-state index in [2.05, 4.69) is 20.3 Å². The molecule has 4 heterocycles. The Balaban J connectivity index is 0.000000948. The number of rotatable bonds is 4. The number of fused-ring (bicyclic) bond motifs is 1. The second kappa shape index (κ2) is 7.61. The number of ether oxygens (including phenoxy) is 1. The molecule has 138 valence electrons. The molecular weight excluding hydrogens is 336 g/mol. The average Bonchev–Trinajstić information content (AvgIpc) is 3.38. The van der Waals surface area contributed by atoms with E-state index in [1.54, 1.807) is 6.20 Å². The first-order valence-corrected chi connectivity index (χ1v) is 8.72. The lowest BCUT2D eigenvalue weighted by Gasteiger charge is -2.09. The van der Waals surface area contributed by atoms with Gasteiger partial charge in [0.1, 0.15) is 6.20 Å². The highest BCUT2D eigenvalue weighted by Crippen LogP contribution is 2.29. The molecule has 0 bridgehead atoms. The molecule has 1 N–H and O–H groups in total. The summed E-state index contributed by atoms with van der Waals surface area (Å²) in [6.45, 7) is 8.23. The first kappa shape index (κ1) is 18.0. The van der Waals surface area contributed by atoms with Crippen LogP contribution in [0.4, 0.5) is 5.69 Å². The van der Waals surface area contributed by atoms with Crippen molar-refractivity contribution in [3.05, 3.63) is 34.3 Å². The molecule has 3 aromatic heterocycles. The highest BCUT2D eigenvalue weighted by atomic mass is 16.6. The molecule has 0 saturated carbocycles. The normalized spacial score (nSPS) is 16.5. The van der Waals surface area contributed by atoms with Crippen LogP contribution in [-0.4, -0.2) is 43.1 Å². The molecule has 0 radical (unpaired) electrons. The number of H-pyrrole nitrogens is 1. The van der Waals surface area contributed by atoms with E-state index in [1.165, 1.54) is 6.20 Å². The van der Waals surface area contributed by atoms with Gasteiger partial charge in [-0.05, 0) is 19.4 Å². The molecule has 1 atom stereocenters. The maximum Gasteiger partial charge on any atom is 0.316 e. The monoisotopic (exact) mass is 358 g/mol. The SMILES string of the molecule is CC.Cc1nn(CC2CCOC2)c2cc(-c3[nH]ncc3[N+](=O)[O-])ncc12. The summed E-state index contributed by atoms with van der Waals surface area (Å²) in [4.78, 5) is 15.0. The summed E-state index contributed by atoms with van der Waals surface area (Å²) in [5, 5.41) is 23.1. The van der Waals surface area contributed by atoms with Crippen LogP contribution in [0, 0.1) is 23.0 Å². The van der Waals surface area contributed by atoms with Gasteiger partial charge in [0.15, 0.2) is 5.69 Å². The van der Waals surface area contributed by atoms with Gasteiger partial charge in [-0.1, -0.05) is 13.8 Å². The number of nitro groups is 1. The van der Waals surface area contributed by atoms with E-state index < -0.39 is 4.92 Å². The molecule has 3 aromatic rings. The molecule has 1 aliphatic heterocycles. The van der Waals surface area contributed by atoms with Crippen LogP contribution in [0.15, 0.2) is 18.5 Å². The minimum atomic E-state index is -0.469. The molecule has 0 spiro atoms. The van der Waals surface area contributed by atoms with Gasteiger partial charge in [0.05, 0.1) is 28.4 Å². The maximum absolute atomic E-state index is 11.1. The average molecular weight is 358 g/mol. The van der Waals surface area contributed by atoms with Crippen molar-refractivity contribution >= 4 is 16.6 Å². The fourth-order valence-corrected chi connectivity index (χ4v) is 3.08. The van der Waals surface area contributed by atoms with Gasteiger partial charge in [-0.3, -0.25) is 24.9 Å². The summed E-state index contributed by atoms with van der Waals surface area (Å²) in [5.74, 6) is 0.436. The molecule has 0 amide bonds. The van der Waals surface area contributed by atoms with Crippen LogP contribution in [-0.2, 0) is 11.3 Å². The lowest BCUT2D eigenvalue weighted by molar-refractivity contribution is -0.384. The van der Waals surface area contributed by atoms with Crippen LogP contribution in [0.25, 0.3) is 22.3 Å². The van der Waals surface area contributed by atoms with E-state index in [-0.39, 0.29) is 5.69 Å². The predicted octanol–water partition coefficient (Wildman–Crippen LogP) is 3.10. The molecule has 1 saturated heterocycles. The summed E-state index contributed by atoms with van der Waals surface area (Å²) >= 11 is 0. The Morgan fingerprint density at radius 2 is 2.23 bits per heavy atom. The number of nitrogens with zero attached hydrogens (tertiary/aromatic N) is 5. The highest BCUT2D eigenvalue weighted by molar-refractivity contribution is 5.85. The van der Waals surface area contributed by atoms with Gasteiger partial charge in [0, 0.05) is 30.7 Å². The zero-order valence-electron chi connectivity index (χ0n) is 15.1. The van der Waals surface area contributed by atoms with Crippen molar-refractivity contribution in [2.24, 2.45) is 5.92 Å². The third-order valence-corrected chi connectivity index (χ3v) is 4.35. The van der Waals surface area contributed by atoms with Crippen LogP contribution in [0.1, 0.15) is 26.0 Å². The first-order chi connectivity index (χ1) is 12.6. The van der Waals surface area contributed by atoms with E-state index >= 15 is 0 Å². The summed E-state index contributed by atoms with van der Waals surface area (Å²) in [6, 6.07) is 1.83. The molecule has 1 unspecified atom stereocenters. The van der Waals surface area contributed by atoms with Crippen molar-refractivity contribution in [3.8, 4) is 11.4 Å². The van der Waals surface area contributed by atoms with Crippen molar-refractivity contribution in [1.82, 2.24) is 25.0 Å². The van der Waals surface area contributed by atoms with Crippen molar-refractivity contribution in [1.29, 1.82) is 0 Å². The predicted molar refractivity (Wildman–Crippen MR) is 96.8 cm³/mol. The van der Waals surface area contributed by atoms with Gasteiger partial charge in [0.2, 0.25) is 0 Å². The number of hydrogen-bond donors (Lipinski definition) is 1. The third kappa shape index (κ3) is 3.30. The van der Waals surface area contributed by atoms with Crippen molar-refractivity contribution in [2.45, 2.75) is 33.7 Å². The summed E-state index contributed by atoms with van der Waals surface area (Å²) < 4.78 is 7.37. The van der Waals surface area contributed by atoms with E-state index in [9.17, 15) is 10.1 Å². The summed E-state index contributed by atoms with van der Waals surface area (Å²) in [6.07, 6.45) is 3.92. The van der Waals surface area contributed by atoms with Gasteiger partial charge < -0.3 is 4.74 Å². The van der Waals surface area contributed by atoms with E-state index in [0.29, 0.717) is 17.3 Å². The van der Waals surface area contributed by atoms with Crippen molar-refractivity contribution in [2.75, 3.05) is 13.2 Å². The third-order valence-electron chi connectivity index (χ3n) is 4.35. The smallest absolute Gasteiger partial charge is 0.316 e. The number of nitrogens with one attached hydrogen (secondary N) is 1. The van der Waals surface area contributed by atoms with Crippen LogP contribution in [0.3, 0.4) is 0 Å². The summed E-state index contributed by atoms with van der Waals surface area (Å²) in [5.41, 5.74) is 2.50. The fraction of sp³-hybridized carbons (Fsp3) is 0.471. The highest BCUT2D eigenvalue weighted by Gasteiger charge is 2.22. The number of hydrogen-bond acceptors (Lipinski definition) is 6. The van der Waals surface area contributed by atoms with Crippen LogP contribution < -0.4 is 0 Å². The van der Waals surface area contributed by atoms with E-state index in [1.807, 2.05) is 31.5 Å². The van der Waals surface area contributed by atoms with Crippen LogP contribution in [0.5, 0.6) is 0 Å². The Morgan fingerprint density at radius 3 is 2.92 bits per heavy atom. The minimum Gasteiger partial charge on any atom is -0.381 e.